The summed E-state index contributed by atoms with van der Waals surface area (Å²) in [6, 6.07) is 5.47. The number of fused-ring (bicyclic) bond motifs is 1. The summed E-state index contributed by atoms with van der Waals surface area (Å²) >= 11 is 1.64. The van der Waals surface area contributed by atoms with Crippen LogP contribution in [0.3, 0.4) is 0 Å². The summed E-state index contributed by atoms with van der Waals surface area (Å²) in [7, 11) is 0. The molecule has 1 atom stereocenters. The Labute approximate surface area is 123 Å². The molecule has 1 amide bonds. The van der Waals surface area contributed by atoms with Crippen LogP contribution < -0.4 is 10.1 Å². The van der Waals surface area contributed by atoms with Crippen molar-refractivity contribution in [2.24, 2.45) is 5.41 Å². The Kier molecular flexibility index (Phi) is 4.60. The van der Waals surface area contributed by atoms with Crippen molar-refractivity contribution in [1.82, 2.24) is 0 Å². The molecule has 1 aliphatic rings. The zero-order valence-corrected chi connectivity index (χ0v) is 12.9. The number of thioether (sulfide) groups is 1. The number of benzene rings is 1. The van der Waals surface area contributed by atoms with Crippen LogP contribution in [-0.2, 0) is 4.79 Å². The van der Waals surface area contributed by atoms with Gasteiger partial charge in [-0.05, 0) is 12.3 Å². The van der Waals surface area contributed by atoms with Crippen LogP contribution in [0.5, 0.6) is 5.75 Å². The number of rotatable bonds is 4. The van der Waals surface area contributed by atoms with Crippen molar-refractivity contribution in [3.63, 3.8) is 0 Å². The third-order valence-electron chi connectivity index (χ3n) is 3.41. The zero-order valence-electron chi connectivity index (χ0n) is 12.1. The lowest BCUT2D eigenvalue weighted by molar-refractivity contribution is -0.122. The lowest BCUT2D eigenvalue weighted by atomic mass is 9.94. The molecule has 110 valence electrons. The number of hydrogen-bond donors (Lipinski definition) is 2. The van der Waals surface area contributed by atoms with E-state index in [-0.39, 0.29) is 5.91 Å². The van der Waals surface area contributed by atoms with Gasteiger partial charge in [0.1, 0.15) is 5.75 Å². The molecule has 2 N–H and O–H groups in total. The van der Waals surface area contributed by atoms with Gasteiger partial charge in [0.15, 0.2) is 0 Å². The Morgan fingerprint density at radius 2 is 2.30 bits per heavy atom. The number of anilines is 1. The largest absolute Gasteiger partial charge is 0.491 e. The molecule has 0 saturated heterocycles. The van der Waals surface area contributed by atoms with Crippen LogP contribution in [0, 0.1) is 5.41 Å². The van der Waals surface area contributed by atoms with Gasteiger partial charge in [-0.3, -0.25) is 4.79 Å². The van der Waals surface area contributed by atoms with E-state index < -0.39 is 11.5 Å². The van der Waals surface area contributed by atoms with Crippen LogP contribution in [0.4, 0.5) is 5.69 Å². The summed E-state index contributed by atoms with van der Waals surface area (Å²) in [5, 5.41) is 12.9. The van der Waals surface area contributed by atoms with Gasteiger partial charge >= 0.3 is 0 Å². The Morgan fingerprint density at radius 3 is 3.00 bits per heavy atom. The minimum atomic E-state index is -0.519. The van der Waals surface area contributed by atoms with E-state index in [1.165, 1.54) is 0 Å². The zero-order chi connectivity index (χ0) is 14.8. The van der Waals surface area contributed by atoms with Crippen LogP contribution in [0.1, 0.15) is 31.9 Å². The number of aliphatic hydroxyl groups excluding tert-OH is 1. The van der Waals surface area contributed by atoms with Gasteiger partial charge in [-0.2, -0.15) is 11.8 Å². The monoisotopic (exact) mass is 295 g/mol. The number of hydrogen-bond acceptors (Lipinski definition) is 4. The molecule has 1 heterocycles. The predicted octanol–water partition coefficient (Wildman–Crippen LogP) is 2.83. The van der Waals surface area contributed by atoms with Crippen LogP contribution in [0.2, 0.25) is 0 Å². The highest BCUT2D eigenvalue weighted by molar-refractivity contribution is 7.98. The average Bonchev–Trinajstić information content (AvgIpc) is 2.40. The number of nitrogens with one attached hydrogen (secondary N) is 1. The molecule has 0 aliphatic carbocycles. The van der Waals surface area contributed by atoms with Crippen molar-refractivity contribution in [3.8, 4) is 5.75 Å². The second kappa shape index (κ2) is 6.06. The molecule has 0 bridgehead atoms. The van der Waals surface area contributed by atoms with E-state index in [0.29, 0.717) is 24.5 Å². The minimum Gasteiger partial charge on any atom is -0.491 e. The SMILES string of the molecule is CSCC(C)(C)C(=O)Nc1cccc2c1OCCC2O. The lowest BCUT2D eigenvalue weighted by Crippen LogP contribution is -2.33. The summed E-state index contributed by atoms with van der Waals surface area (Å²) in [6.45, 7) is 4.31. The molecule has 0 fully saturated rings. The summed E-state index contributed by atoms with van der Waals surface area (Å²) in [5.41, 5.74) is 0.937. The molecule has 0 saturated carbocycles. The fraction of sp³-hybridized carbons (Fsp3) is 0.533. The molecule has 20 heavy (non-hydrogen) atoms. The molecular formula is C15H21NO3S. The fourth-order valence-electron chi connectivity index (χ4n) is 2.22. The van der Waals surface area contributed by atoms with Gasteiger partial charge in [-0.1, -0.05) is 26.0 Å². The maximum atomic E-state index is 12.3. The van der Waals surface area contributed by atoms with Crippen molar-refractivity contribution < 1.29 is 14.6 Å². The third kappa shape index (κ3) is 3.10. The number of carbonyl (C=O) groups is 1. The molecule has 0 aromatic heterocycles. The number of para-hydroxylation sites is 1. The number of carbonyl (C=O) groups excluding carboxylic acids is 1. The summed E-state index contributed by atoms with van der Waals surface area (Å²) in [6.07, 6.45) is 2.05. The fourth-order valence-corrected chi connectivity index (χ4v) is 3.08. The molecule has 0 spiro atoms. The average molecular weight is 295 g/mol. The summed E-state index contributed by atoms with van der Waals surface area (Å²) < 4.78 is 5.62. The van der Waals surface area contributed by atoms with Gasteiger partial charge in [0.05, 0.1) is 23.8 Å². The van der Waals surface area contributed by atoms with Crippen molar-refractivity contribution in [1.29, 1.82) is 0 Å². The molecule has 1 aromatic carbocycles. The Hall–Kier alpha value is -1.20. The van der Waals surface area contributed by atoms with Crippen molar-refractivity contribution >= 4 is 23.4 Å². The summed E-state index contributed by atoms with van der Waals surface area (Å²) in [4.78, 5) is 12.3. The van der Waals surface area contributed by atoms with Gasteiger partial charge < -0.3 is 15.2 Å². The molecule has 4 nitrogen and oxygen atoms in total. The number of aliphatic hydroxyl groups is 1. The van der Waals surface area contributed by atoms with Crippen LogP contribution in [-0.4, -0.2) is 29.6 Å². The van der Waals surface area contributed by atoms with Crippen molar-refractivity contribution in [2.75, 3.05) is 23.9 Å². The molecule has 1 aromatic rings. The van der Waals surface area contributed by atoms with Gasteiger partial charge in [0, 0.05) is 17.7 Å². The Balaban J connectivity index is 2.22. The van der Waals surface area contributed by atoms with E-state index in [2.05, 4.69) is 5.32 Å². The quantitative estimate of drug-likeness (QED) is 0.897. The molecule has 1 unspecified atom stereocenters. The number of ether oxygens (including phenoxy) is 1. The lowest BCUT2D eigenvalue weighted by Gasteiger charge is -2.27. The second-order valence-corrected chi connectivity index (χ2v) is 6.51. The van der Waals surface area contributed by atoms with Gasteiger partial charge in [0.2, 0.25) is 5.91 Å². The van der Waals surface area contributed by atoms with E-state index in [4.69, 9.17) is 4.74 Å². The van der Waals surface area contributed by atoms with E-state index >= 15 is 0 Å². The predicted molar refractivity (Wildman–Crippen MR) is 82.3 cm³/mol. The van der Waals surface area contributed by atoms with Crippen LogP contribution >= 0.6 is 11.8 Å². The van der Waals surface area contributed by atoms with E-state index in [0.717, 1.165) is 11.3 Å². The normalized spacial score (nSPS) is 18.1. The van der Waals surface area contributed by atoms with Gasteiger partial charge in [-0.25, -0.2) is 0 Å². The first-order chi connectivity index (χ1) is 9.45. The highest BCUT2D eigenvalue weighted by Crippen LogP contribution is 2.38. The van der Waals surface area contributed by atoms with Gasteiger partial charge in [0.25, 0.3) is 0 Å². The van der Waals surface area contributed by atoms with Crippen molar-refractivity contribution in [3.05, 3.63) is 23.8 Å². The minimum absolute atomic E-state index is 0.0380. The third-order valence-corrected chi connectivity index (χ3v) is 4.42. The number of amides is 1. The Bertz CT molecular complexity index is 502. The highest BCUT2D eigenvalue weighted by Gasteiger charge is 2.29. The molecule has 5 heteroatoms. The molecule has 0 radical (unpaired) electrons. The second-order valence-electron chi connectivity index (χ2n) is 5.65. The van der Waals surface area contributed by atoms with E-state index in [9.17, 15) is 9.90 Å². The van der Waals surface area contributed by atoms with Crippen LogP contribution in [0.25, 0.3) is 0 Å². The highest BCUT2D eigenvalue weighted by atomic mass is 32.2. The molecular weight excluding hydrogens is 274 g/mol. The van der Waals surface area contributed by atoms with Gasteiger partial charge in [-0.15, -0.1) is 0 Å². The molecule has 1 aliphatic heterocycles. The van der Waals surface area contributed by atoms with E-state index in [1.54, 1.807) is 11.8 Å². The topological polar surface area (TPSA) is 58.6 Å². The van der Waals surface area contributed by atoms with E-state index in [1.807, 2.05) is 38.3 Å². The first-order valence-corrected chi connectivity index (χ1v) is 8.09. The van der Waals surface area contributed by atoms with Crippen LogP contribution in [0.15, 0.2) is 18.2 Å². The summed E-state index contributed by atoms with van der Waals surface area (Å²) in [5.74, 6) is 1.31. The standard InChI is InChI=1S/C15H21NO3S/c1-15(2,9-20-3)14(18)16-11-6-4-5-10-12(17)7-8-19-13(10)11/h4-6,12,17H,7-9H2,1-3H3,(H,16,18). The Morgan fingerprint density at radius 1 is 1.55 bits per heavy atom. The van der Waals surface area contributed by atoms with Crippen molar-refractivity contribution in [2.45, 2.75) is 26.4 Å². The first-order valence-electron chi connectivity index (χ1n) is 6.70. The maximum absolute atomic E-state index is 12.3. The molecule has 2 rings (SSSR count). The maximum Gasteiger partial charge on any atom is 0.230 e. The first kappa shape index (κ1) is 15.2. The smallest absolute Gasteiger partial charge is 0.230 e.